The standard InChI is InChI=1S/C19H24FN5O2/c1-24-19(27)8-16(11-23-24)25-7-6-14(13-25)9-21-12-18(26)22-10-15-4-2-3-5-17(15)20/h2-5,8,11,14,21H,6-7,9-10,12-13H2,1H3,(H,22,26). The van der Waals surface area contributed by atoms with Gasteiger partial charge in [0.1, 0.15) is 5.82 Å². The van der Waals surface area contributed by atoms with Crippen molar-refractivity contribution >= 4 is 11.6 Å². The Hall–Kier alpha value is -2.74. The van der Waals surface area contributed by atoms with Crippen LogP contribution in [0.5, 0.6) is 0 Å². The van der Waals surface area contributed by atoms with E-state index in [1.54, 1.807) is 37.5 Å². The summed E-state index contributed by atoms with van der Waals surface area (Å²) >= 11 is 0. The number of hydrogen-bond donors (Lipinski definition) is 2. The average molecular weight is 373 g/mol. The Morgan fingerprint density at radius 1 is 1.37 bits per heavy atom. The van der Waals surface area contributed by atoms with E-state index >= 15 is 0 Å². The number of rotatable bonds is 7. The van der Waals surface area contributed by atoms with Gasteiger partial charge in [0.15, 0.2) is 0 Å². The minimum Gasteiger partial charge on any atom is -0.370 e. The Labute approximate surface area is 157 Å². The lowest BCUT2D eigenvalue weighted by Gasteiger charge is -2.18. The minimum atomic E-state index is -0.318. The summed E-state index contributed by atoms with van der Waals surface area (Å²) in [7, 11) is 1.63. The van der Waals surface area contributed by atoms with Crippen LogP contribution in [0, 0.1) is 11.7 Å². The molecule has 0 radical (unpaired) electrons. The van der Waals surface area contributed by atoms with E-state index in [2.05, 4.69) is 20.6 Å². The maximum atomic E-state index is 13.5. The van der Waals surface area contributed by atoms with Crippen molar-refractivity contribution in [1.29, 1.82) is 0 Å². The molecule has 1 aromatic carbocycles. The molecule has 0 bridgehead atoms. The topological polar surface area (TPSA) is 79.3 Å². The van der Waals surface area contributed by atoms with Gasteiger partial charge in [0.05, 0.1) is 18.4 Å². The van der Waals surface area contributed by atoms with E-state index in [0.717, 1.165) is 25.2 Å². The summed E-state index contributed by atoms with van der Waals surface area (Å²) in [5.41, 5.74) is 1.18. The maximum Gasteiger partial charge on any atom is 0.268 e. The van der Waals surface area contributed by atoms with Gasteiger partial charge in [-0.1, -0.05) is 18.2 Å². The van der Waals surface area contributed by atoms with E-state index in [-0.39, 0.29) is 30.4 Å². The molecule has 27 heavy (non-hydrogen) atoms. The summed E-state index contributed by atoms with van der Waals surface area (Å²) in [5.74, 6) is -0.0840. The second-order valence-corrected chi connectivity index (χ2v) is 6.78. The van der Waals surface area contributed by atoms with Crippen LogP contribution in [0.3, 0.4) is 0 Å². The molecule has 8 heteroatoms. The van der Waals surface area contributed by atoms with Crippen LogP contribution < -0.4 is 21.1 Å². The summed E-state index contributed by atoms with van der Waals surface area (Å²) in [5, 5.41) is 9.92. The molecule has 1 amide bonds. The highest BCUT2D eigenvalue weighted by Crippen LogP contribution is 2.21. The lowest BCUT2D eigenvalue weighted by Crippen LogP contribution is -2.36. The molecule has 1 saturated heterocycles. The molecule has 0 aliphatic carbocycles. The number of nitrogens with zero attached hydrogens (tertiary/aromatic N) is 3. The lowest BCUT2D eigenvalue weighted by molar-refractivity contribution is -0.120. The van der Waals surface area contributed by atoms with Crippen molar-refractivity contribution in [1.82, 2.24) is 20.4 Å². The Morgan fingerprint density at radius 3 is 2.96 bits per heavy atom. The smallest absolute Gasteiger partial charge is 0.268 e. The lowest BCUT2D eigenvalue weighted by atomic mass is 10.1. The molecule has 1 aliphatic rings. The zero-order valence-corrected chi connectivity index (χ0v) is 15.3. The zero-order valence-electron chi connectivity index (χ0n) is 15.3. The molecule has 1 unspecified atom stereocenters. The summed E-state index contributed by atoms with van der Waals surface area (Å²) in [4.78, 5) is 25.7. The van der Waals surface area contributed by atoms with Crippen molar-refractivity contribution < 1.29 is 9.18 Å². The fourth-order valence-corrected chi connectivity index (χ4v) is 3.15. The molecule has 144 valence electrons. The van der Waals surface area contributed by atoms with Crippen molar-refractivity contribution in [3.63, 3.8) is 0 Å². The van der Waals surface area contributed by atoms with Crippen molar-refractivity contribution in [2.45, 2.75) is 13.0 Å². The number of aromatic nitrogens is 2. The quantitative estimate of drug-likeness (QED) is 0.745. The van der Waals surface area contributed by atoms with Gasteiger partial charge in [-0.05, 0) is 18.4 Å². The molecule has 2 heterocycles. The largest absolute Gasteiger partial charge is 0.370 e. The van der Waals surface area contributed by atoms with E-state index in [1.807, 2.05) is 0 Å². The van der Waals surface area contributed by atoms with E-state index < -0.39 is 0 Å². The first kappa shape index (κ1) is 19.0. The SMILES string of the molecule is Cn1ncc(N2CCC(CNCC(=O)NCc3ccccc3F)C2)cc1=O. The number of aryl methyl sites for hydroxylation is 1. The van der Waals surface area contributed by atoms with Crippen LogP contribution in [-0.2, 0) is 18.4 Å². The number of hydrogen-bond acceptors (Lipinski definition) is 5. The normalized spacial score (nSPS) is 16.5. The van der Waals surface area contributed by atoms with Gasteiger partial charge in [0.25, 0.3) is 5.56 Å². The van der Waals surface area contributed by atoms with Crippen LogP contribution in [0.2, 0.25) is 0 Å². The third-order valence-corrected chi connectivity index (χ3v) is 4.76. The molecular formula is C19H24FN5O2. The molecule has 3 rings (SSSR count). The molecule has 1 aromatic heterocycles. The van der Waals surface area contributed by atoms with Crippen molar-refractivity contribution in [3.05, 3.63) is 58.3 Å². The van der Waals surface area contributed by atoms with Crippen LogP contribution in [0.25, 0.3) is 0 Å². The Balaban J connectivity index is 1.38. The second-order valence-electron chi connectivity index (χ2n) is 6.78. The summed E-state index contributed by atoms with van der Waals surface area (Å²) in [6, 6.07) is 7.99. The maximum absolute atomic E-state index is 13.5. The first-order chi connectivity index (χ1) is 13.0. The van der Waals surface area contributed by atoms with E-state index in [9.17, 15) is 14.0 Å². The number of halogens is 1. The van der Waals surface area contributed by atoms with Crippen LogP contribution in [0.1, 0.15) is 12.0 Å². The highest BCUT2D eigenvalue weighted by atomic mass is 19.1. The highest BCUT2D eigenvalue weighted by Gasteiger charge is 2.23. The predicted molar refractivity (Wildman–Crippen MR) is 101 cm³/mol. The summed E-state index contributed by atoms with van der Waals surface area (Å²) in [6.45, 7) is 2.76. The molecule has 1 fully saturated rings. The summed E-state index contributed by atoms with van der Waals surface area (Å²) in [6.07, 6.45) is 2.69. The molecule has 1 aliphatic heterocycles. The van der Waals surface area contributed by atoms with Crippen LogP contribution in [0.4, 0.5) is 10.1 Å². The van der Waals surface area contributed by atoms with Gasteiger partial charge >= 0.3 is 0 Å². The van der Waals surface area contributed by atoms with Crippen LogP contribution in [0.15, 0.2) is 41.3 Å². The average Bonchev–Trinajstić information content (AvgIpc) is 3.12. The zero-order chi connectivity index (χ0) is 19.2. The Bertz CT molecular complexity index is 854. The molecule has 1 atom stereocenters. The molecule has 2 N–H and O–H groups in total. The first-order valence-corrected chi connectivity index (χ1v) is 9.02. The third kappa shape index (κ3) is 5.13. The number of benzene rings is 1. The van der Waals surface area contributed by atoms with Gasteiger partial charge in [-0.25, -0.2) is 9.07 Å². The number of nitrogens with one attached hydrogen (secondary N) is 2. The molecule has 0 spiro atoms. The number of anilines is 1. The van der Waals surface area contributed by atoms with Crippen molar-refractivity contribution in [2.24, 2.45) is 13.0 Å². The molecule has 0 saturated carbocycles. The van der Waals surface area contributed by atoms with Gasteiger partial charge in [0.2, 0.25) is 5.91 Å². The van der Waals surface area contributed by atoms with Gasteiger partial charge in [-0.3, -0.25) is 9.59 Å². The summed E-state index contributed by atoms with van der Waals surface area (Å²) < 4.78 is 14.8. The first-order valence-electron chi connectivity index (χ1n) is 9.02. The molecule has 2 aromatic rings. The second kappa shape index (κ2) is 8.77. The highest BCUT2D eigenvalue weighted by molar-refractivity contribution is 5.77. The van der Waals surface area contributed by atoms with E-state index in [4.69, 9.17) is 0 Å². The fraction of sp³-hybridized carbons (Fsp3) is 0.421. The van der Waals surface area contributed by atoms with Crippen molar-refractivity contribution in [3.8, 4) is 0 Å². The van der Waals surface area contributed by atoms with Crippen LogP contribution in [-0.4, -0.2) is 41.9 Å². The number of carbonyl (C=O) groups is 1. The van der Waals surface area contributed by atoms with Gasteiger partial charge in [-0.15, -0.1) is 0 Å². The van der Waals surface area contributed by atoms with E-state index in [0.29, 0.717) is 18.0 Å². The minimum absolute atomic E-state index is 0.124. The van der Waals surface area contributed by atoms with Crippen molar-refractivity contribution in [2.75, 3.05) is 31.1 Å². The number of carbonyl (C=O) groups excluding carboxylic acids is 1. The molecule has 7 nitrogen and oxygen atoms in total. The monoisotopic (exact) mass is 373 g/mol. The van der Waals surface area contributed by atoms with Crippen LogP contribution >= 0.6 is 0 Å². The van der Waals surface area contributed by atoms with Gasteiger partial charge in [-0.2, -0.15) is 5.10 Å². The van der Waals surface area contributed by atoms with Gasteiger partial charge < -0.3 is 15.5 Å². The van der Waals surface area contributed by atoms with Gasteiger partial charge in [0, 0.05) is 44.9 Å². The van der Waals surface area contributed by atoms with E-state index in [1.165, 1.54) is 10.7 Å². The third-order valence-electron chi connectivity index (χ3n) is 4.76. The predicted octanol–water partition coefficient (Wildman–Crippen LogP) is 0.652. The Morgan fingerprint density at radius 2 is 2.19 bits per heavy atom. The number of amides is 1. The Kier molecular flexibility index (Phi) is 6.18. The fourth-order valence-electron chi connectivity index (χ4n) is 3.15. The molecular weight excluding hydrogens is 349 g/mol.